The number of carbonyl (C=O) groups excluding carboxylic acids is 2. The maximum Gasteiger partial charge on any atom is 0.322 e. The highest BCUT2D eigenvalue weighted by Crippen LogP contribution is 2.17. The maximum absolute atomic E-state index is 12.3. The Morgan fingerprint density at radius 3 is 2.50 bits per heavy atom. The summed E-state index contributed by atoms with van der Waals surface area (Å²) in [6.45, 7) is -0.669. The molecule has 2 heterocycles. The highest BCUT2D eigenvalue weighted by Gasteiger charge is 2.23. The van der Waals surface area contributed by atoms with E-state index < -0.39 is 53.5 Å². The minimum atomic E-state index is -1.28. The SMILES string of the molecule is N[C@@H](CCC(=O)N[C@H](CSc1cc(=O)n2c(=O)ccn12)C(=O)NCC(=O)O)C(=O)O. The molecule has 0 bridgehead atoms. The van der Waals surface area contributed by atoms with Crippen LogP contribution < -0.4 is 27.5 Å². The Labute approximate surface area is 172 Å². The Bertz CT molecular complexity index is 1060. The van der Waals surface area contributed by atoms with Gasteiger partial charge >= 0.3 is 11.9 Å². The van der Waals surface area contributed by atoms with Crippen molar-refractivity contribution < 1.29 is 29.4 Å². The van der Waals surface area contributed by atoms with Crippen molar-refractivity contribution in [3.05, 3.63) is 39.0 Å². The molecule has 0 saturated carbocycles. The van der Waals surface area contributed by atoms with Gasteiger partial charge in [-0.1, -0.05) is 0 Å². The number of nitrogens with two attached hydrogens (primary N) is 1. The highest BCUT2D eigenvalue weighted by molar-refractivity contribution is 7.99. The fraction of sp³-hybridized carbons (Fsp3) is 0.375. The van der Waals surface area contributed by atoms with Crippen molar-refractivity contribution in [2.45, 2.75) is 30.0 Å². The third-order valence-electron chi connectivity index (χ3n) is 3.93. The number of carbonyl (C=O) groups is 4. The van der Waals surface area contributed by atoms with Crippen LogP contribution in [0.1, 0.15) is 12.8 Å². The first-order chi connectivity index (χ1) is 14.1. The predicted octanol–water partition coefficient (Wildman–Crippen LogP) is -2.83. The molecule has 0 aliphatic rings. The van der Waals surface area contributed by atoms with Crippen molar-refractivity contribution in [3.63, 3.8) is 0 Å². The number of hydrogen-bond donors (Lipinski definition) is 5. The average molecular weight is 441 g/mol. The summed E-state index contributed by atoms with van der Waals surface area (Å²) >= 11 is 0.987. The van der Waals surface area contributed by atoms with Crippen molar-refractivity contribution in [2.75, 3.05) is 12.3 Å². The summed E-state index contributed by atoms with van der Waals surface area (Å²) in [5, 5.41) is 22.3. The van der Waals surface area contributed by atoms with Gasteiger partial charge in [-0.15, -0.1) is 11.8 Å². The van der Waals surface area contributed by atoms with Gasteiger partial charge < -0.3 is 26.6 Å². The van der Waals surface area contributed by atoms with Crippen molar-refractivity contribution in [1.82, 2.24) is 19.7 Å². The number of carboxylic acids is 2. The number of nitrogens with one attached hydrogen (secondary N) is 2. The predicted molar refractivity (Wildman–Crippen MR) is 103 cm³/mol. The lowest BCUT2D eigenvalue weighted by Crippen LogP contribution is -2.49. The topological polar surface area (TPSA) is 202 Å². The number of hydrogen-bond acceptors (Lipinski definition) is 8. The molecule has 13 nitrogen and oxygen atoms in total. The molecule has 0 radical (unpaired) electrons. The van der Waals surface area contributed by atoms with E-state index in [4.69, 9.17) is 15.9 Å². The second-order valence-electron chi connectivity index (χ2n) is 6.16. The lowest BCUT2D eigenvalue weighted by atomic mass is 10.1. The van der Waals surface area contributed by atoms with Crippen LogP contribution in [0.3, 0.4) is 0 Å². The second kappa shape index (κ2) is 9.89. The number of amides is 2. The molecule has 0 spiro atoms. The Morgan fingerprint density at radius 2 is 1.87 bits per heavy atom. The molecule has 2 aromatic rings. The molecule has 2 aromatic heterocycles. The fourth-order valence-corrected chi connectivity index (χ4v) is 3.45. The number of aliphatic carboxylic acids is 2. The average Bonchev–Trinajstić information content (AvgIpc) is 3.21. The first kappa shape index (κ1) is 22.9. The molecule has 0 unspecified atom stereocenters. The number of nitrogens with zero attached hydrogens (tertiary/aromatic N) is 2. The zero-order chi connectivity index (χ0) is 22.4. The molecule has 30 heavy (non-hydrogen) atoms. The third-order valence-corrected chi connectivity index (χ3v) is 5.03. The molecule has 2 rings (SSSR count). The monoisotopic (exact) mass is 441 g/mol. The molecule has 0 aliphatic heterocycles. The van der Waals surface area contributed by atoms with Crippen LogP contribution in [0.5, 0.6) is 0 Å². The number of fused-ring (bicyclic) bond motifs is 1. The standard InChI is InChI=1S/C16H19N5O8S/c17-8(16(28)29)1-2-10(22)19-9(15(27)18-6-14(25)26)7-30-13-5-12(24)21-11(23)3-4-20(13)21/h3-5,8-9H,1-2,6-7,17H2,(H,18,27)(H,19,22)(H,25,26)(H,28,29)/t8-,9+/m0/s1. The van der Waals surface area contributed by atoms with Gasteiger partial charge in [0.1, 0.15) is 23.7 Å². The van der Waals surface area contributed by atoms with E-state index in [-0.39, 0.29) is 18.6 Å². The number of carboxylic acid groups (broad SMARTS) is 2. The van der Waals surface area contributed by atoms with Crippen LogP contribution in [0.2, 0.25) is 0 Å². The van der Waals surface area contributed by atoms with E-state index in [2.05, 4.69) is 10.6 Å². The normalized spacial score (nSPS) is 13.0. The van der Waals surface area contributed by atoms with E-state index in [0.717, 1.165) is 16.3 Å². The Morgan fingerprint density at radius 1 is 1.17 bits per heavy atom. The van der Waals surface area contributed by atoms with Gasteiger partial charge in [-0.05, 0) is 6.42 Å². The Kier molecular flexibility index (Phi) is 7.54. The van der Waals surface area contributed by atoms with Gasteiger partial charge in [0.15, 0.2) is 0 Å². The van der Waals surface area contributed by atoms with Crippen LogP contribution in [0.25, 0.3) is 0 Å². The number of aromatic nitrogens is 2. The molecule has 0 fully saturated rings. The van der Waals surface area contributed by atoms with Crippen molar-refractivity contribution in [2.24, 2.45) is 5.73 Å². The van der Waals surface area contributed by atoms with E-state index in [1.807, 2.05) is 0 Å². The van der Waals surface area contributed by atoms with E-state index >= 15 is 0 Å². The quantitative estimate of drug-likeness (QED) is 0.226. The zero-order valence-corrected chi connectivity index (χ0v) is 16.3. The van der Waals surface area contributed by atoms with E-state index in [9.17, 15) is 28.8 Å². The molecular weight excluding hydrogens is 422 g/mol. The smallest absolute Gasteiger partial charge is 0.322 e. The first-order valence-corrected chi connectivity index (χ1v) is 9.56. The molecule has 0 saturated heterocycles. The minimum absolute atomic E-state index is 0.0896. The van der Waals surface area contributed by atoms with E-state index in [1.54, 1.807) is 0 Å². The van der Waals surface area contributed by atoms with Crippen LogP contribution >= 0.6 is 11.8 Å². The number of rotatable bonds is 11. The fourth-order valence-electron chi connectivity index (χ4n) is 2.42. The lowest BCUT2D eigenvalue weighted by molar-refractivity contribution is -0.139. The summed E-state index contributed by atoms with van der Waals surface area (Å²) in [5.41, 5.74) is 4.25. The van der Waals surface area contributed by atoms with Gasteiger partial charge in [0.05, 0.1) is 0 Å². The van der Waals surface area contributed by atoms with Crippen LogP contribution in [-0.4, -0.2) is 67.4 Å². The summed E-state index contributed by atoms with van der Waals surface area (Å²) in [7, 11) is 0. The van der Waals surface area contributed by atoms with E-state index in [0.29, 0.717) is 5.03 Å². The van der Waals surface area contributed by atoms with Crippen LogP contribution in [-0.2, 0) is 19.2 Å². The van der Waals surface area contributed by atoms with Crippen molar-refractivity contribution in [1.29, 1.82) is 0 Å². The molecule has 162 valence electrons. The molecule has 2 atom stereocenters. The van der Waals surface area contributed by atoms with Gasteiger partial charge in [-0.25, -0.2) is 4.52 Å². The minimum Gasteiger partial charge on any atom is -0.480 e. The summed E-state index contributed by atoms with van der Waals surface area (Å²) in [6, 6.07) is -0.0538. The summed E-state index contributed by atoms with van der Waals surface area (Å²) < 4.78 is 2.17. The van der Waals surface area contributed by atoms with E-state index in [1.165, 1.54) is 22.8 Å². The van der Waals surface area contributed by atoms with Crippen LogP contribution in [0.15, 0.2) is 32.9 Å². The van der Waals surface area contributed by atoms with Crippen molar-refractivity contribution in [3.8, 4) is 0 Å². The molecule has 2 amide bonds. The van der Waals surface area contributed by atoms with Gasteiger partial charge in [0.2, 0.25) is 11.8 Å². The summed E-state index contributed by atoms with van der Waals surface area (Å²) in [6.07, 6.45) is 0.948. The third kappa shape index (κ3) is 5.81. The van der Waals surface area contributed by atoms with Gasteiger partial charge in [0, 0.05) is 30.5 Å². The molecule has 0 aliphatic carbocycles. The van der Waals surface area contributed by atoms with Gasteiger partial charge in [0.25, 0.3) is 11.1 Å². The Hall–Kier alpha value is -3.39. The summed E-state index contributed by atoms with van der Waals surface area (Å²) in [5.74, 6) is -4.08. The maximum atomic E-state index is 12.3. The van der Waals surface area contributed by atoms with Crippen molar-refractivity contribution >= 4 is 35.5 Å². The largest absolute Gasteiger partial charge is 0.480 e. The number of thioether (sulfide) groups is 1. The zero-order valence-electron chi connectivity index (χ0n) is 15.4. The Balaban J connectivity index is 2.08. The molecule has 6 N–H and O–H groups in total. The van der Waals surface area contributed by atoms with Gasteiger partial charge in [-0.2, -0.15) is 4.52 Å². The molecule has 0 aromatic carbocycles. The molecular formula is C16H19N5O8S. The molecule has 14 heteroatoms. The highest BCUT2D eigenvalue weighted by atomic mass is 32.2. The summed E-state index contributed by atoms with van der Waals surface area (Å²) in [4.78, 5) is 69.3. The first-order valence-electron chi connectivity index (χ1n) is 8.57. The van der Waals surface area contributed by atoms with Crippen LogP contribution in [0, 0.1) is 0 Å². The van der Waals surface area contributed by atoms with Crippen LogP contribution in [0.4, 0.5) is 0 Å². The lowest BCUT2D eigenvalue weighted by Gasteiger charge is -2.18. The second-order valence-corrected chi connectivity index (χ2v) is 7.20. The van der Waals surface area contributed by atoms with Gasteiger partial charge in [-0.3, -0.25) is 28.8 Å².